The molecule has 3 rings (SSSR count). The van der Waals surface area contributed by atoms with E-state index in [1.807, 2.05) is 6.08 Å². The third-order valence-electron chi connectivity index (χ3n) is 4.21. The highest BCUT2D eigenvalue weighted by Crippen LogP contribution is 2.43. The van der Waals surface area contributed by atoms with Gasteiger partial charge in [-0.15, -0.1) is 0 Å². The van der Waals surface area contributed by atoms with Crippen LogP contribution in [0.25, 0.3) is 0 Å². The summed E-state index contributed by atoms with van der Waals surface area (Å²) >= 11 is 0. The number of benzene rings is 1. The molecule has 0 spiro atoms. The zero-order valence-electron chi connectivity index (χ0n) is 12.5. The van der Waals surface area contributed by atoms with Gasteiger partial charge in [0.25, 0.3) is 0 Å². The molecule has 4 N–H and O–H groups in total. The van der Waals surface area contributed by atoms with Crippen LogP contribution in [0.3, 0.4) is 0 Å². The third-order valence-corrected chi connectivity index (χ3v) is 4.98. The van der Waals surface area contributed by atoms with Crippen LogP contribution in [0.1, 0.15) is 5.56 Å². The van der Waals surface area contributed by atoms with E-state index in [-0.39, 0.29) is 18.0 Å². The van der Waals surface area contributed by atoms with E-state index in [0.29, 0.717) is 16.8 Å². The van der Waals surface area contributed by atoms with E-state index in [1.54, 1.807) is 24.3 Å². The SMILES string of the molecule is O=C(O)C1C2=CC(C=C2)C1C(=O)Nc1ccc(CP(=O)(O)O)cc1. The lowest BCUT2D eigenvalue weighted by Crippen LogP contribution is -2.36. The first-order valence-corrected chi connectivity index (χ1v) is 9.11. The van der Waals surface area contributed by atoms with E-state index < -0.39 is 25.4 Å². The van der Waals surface area contributed by atoms with Crippen LogP contribution >= 0.6 is 7.60 Å². The molecule has 0 radical (unpaired) electrons. The number of nitrogens with one attached hydrogen (secondary N) is 1. The highest BCUT2D eigenvalue weighted by atomic mass is 31.2. The fourth-order valence-corrected chi connectivity index (χ4v) is 3.88. The number of carbonyl (C=O) groups excluding carboxylic acids is 1. The van der Waals surface area contributed by atoms with Gasteiger partial charge < -0.3 is 20.2 Å². The summed E-state index contributed by atoms with van der Waals surface area (Å²) in [5, 5.41) is 12.0. The number of hydrogen-bond donors (Lipinski definition) is 4. The highest BCUT2D eigenvalue weighted by Gasteiger charge is 2.46. The first kappa shape index (κ1) is 16.6. The fraction of sp³-hybridized carbons (Fsp3) is 0.250. The number of fused-ring (bicyclic) bond motifs is 1. The van der Waals surface area contributed by atoms with Crippen LogP contribution in [-0.2, 0) is 20.3 Å². The molecule has 24 heavy (non-hydrogen) atoms. The predicted molar refractivity (Wildman–Crippen MR) is 86.1 cm³/mol. The Bertz CT molecular complexity index is 791. The van der Waals surface area contributed by atoms with Crippen LogP contribution in [0.4, 0.5) is 5.69 Å². The number of amides is 1. The van der Waals surface area contributed by atoms with Crippen LogP contribution in [0, 0.1) is 17.8 Å². The Balaban J connectivity index is 1.70. The Morgan fingerprint density at radius 3 is 2.42 bits per heavy atom. The normalized spacial score (nSPS) is 24.8. The minimum Gasteiger partial charge on any atom is -0.481 e. The average Bonchev–Trinajstić information content (AvgIpc) is 3.08. The van der Waals surface area contributed by atoms with Crippen LogP contribution in [0.2, 0.25) is 0 Å². The standard InChI is InChI=1S/C16H16NO6P/c18-15(13-10-3-4-11(7-10)14(13)16(19)20)17-12-5-1-9(2-6-12)8-24(21,22)23/h1-7,10,13-14H,8H2,(H,17,18)(H,19,20)(H2,21,22,23). The van der Waals surface area contributed by atoms with E-state index >= 15 is 0 Å². The Morgan fingerprint density at radius 1 is 1.17 bits per heavy atom. The molecule has 2 aliphatic rings. The maximum absolute atomic E-state index is 12.5. The van der Waals surface area contributed by atoms with Gasteiger partial charge in [0.15, 0.2) is 0 Å². The molecule has 0 aromatic heterocycles. The molecule has 1 aromatic rings. The molecule has 126 valence electrons. The van der Waals surface area contributed by atoms with Crippen LogP contribution < -0.4 is 5.32 Å². The number of anilines is 1. The van der Waals surface area contributed by atoms with E-state index in [4.69, 9.17) is 9.79 Å². The van der Waals surface area contributed by atoms with Gasteiger partial charge in [0.2, 0.25) is 5.91 Å². The van der Waals surface area contributed by atoms with E-state index in [2.05, 4.69) is 5.32 Å². The Morgan fingerprint density at radius 2 is 1.83 bits per heavy atom. The Labute approximate surface area is 137 Å². The number of carboxylic acid groups (broad SMARTS) is 1. The van der Waals surface area contributed by atoms with Crippen molar-refractivity contribution in [1.29, 1.82) is 0 Å². The molecule has 0 aliphatic heterocycles. The molecule has 2 bridgehead atoms. The van der Waals surface area contributed by atoms with Crippen LogP contribution in [0.5, 0.6) is 0 Å². The molecule has 3 unspecified atom stereocenters. The van der Waals surface area contributed by atoms with E-state index in [0.717, 1.165) is 0 Å². The molecule has 7 nitrogen and oxygen atoms in total. The summed E-state index contributed by atoms with van der Waals surface area (Å²) in [5.74, 6) is -3.14. The highest BCUT2D eigenvalue weighted by molar-refractivity contribution is 7.50. The average molecular weight is 349 g/mol. The van der Waals surface area contributed by atoms with Crippen molar-refractivity contribution in [3.05, 3.63) is 53.6 Å². The van der Waals surface area contributed by atoms with Crippen LogP contribution in [-0.4, -0.2) is 26.8 Å². The van der Waals surface area contributed by atoms with Crippen molar-refractivity contribution in [3.8, 4) is 0 Å². The molecule has 8 heteroatoms. The van der Waals surface area contributed by atoms with Gasteiger partial charge in [0.05, 0.1) is 18.0 Å². The summed E-state index contributed by atoms with van der Waals surface area (Å²) in [4.78, 5) is 41.8. The number of aliphatic carboxylic acids is 1. The van der Waals surface area contributed by atoms with Crippen molar-refractivity contribution in [2.45, 2.75) is 6.16 Å². The van der Waals surface area contributed by atoms with E-state index in [9.17, 15) is 19.3 Å². The molecule has 0 saturated carbocycles. The largest absolute Gasteiger partial charge is 0.481 e. The van der Waals surface area contributed by atoms with Gasteiger partial charge in [-0.05, 0) is 23.3 Å². The molecule has 2 aliphatic carbocycles. The van der Waals surface area contributed by atoms with Crippen molar-refractivity contribution < 1.29 is 29.0 Å². The third kappa shape index (κ3) is 3.33. The maximum atomic E-state index is 12.5. The first-order chi connectivity index (χ1) is 11.2. The van der Waals surface area contributed by atoms with Crippen molar-refractivity contribution in [3.63, 3.8) is 0 Å². The zero-order valence-corrected chi connectivity index (χ0v) is 13.4. The second kappa shape index (κ2) is 6.02. The summed E-state index contributed by atoms with van der Waals surface area (Å²) in [6.07, 6.45) is 4.99. The minimum absolute atomic E-state index is 0.213. The summed E-state index contributed by atoms with van der Waals surface area (Å²) in [5.41, 5.74) is 1.57. The van der Waals surface area contributed by atoms with Crippen LogP contribution in [0.15, 0.2) is 48.1 Å². The van der Waals surface area contributed by atoms with E-state index in [1.165, 1.54) is 12.1 Å². The maximum Gasteiger partial charge on any atom is 0.329 e. The number of allylic oxidation sites excluding steroid dienone is 3. The molecule has 0 heterocycles. The number of rotatable bonds is 5. The second-order valence-electron chi connectivity index (χ2n) is 5.95. The van der Waals surface area contributed by atoms with Gasteiger partial charge in [-0.25, -0.2) is 0 Å². The summed E-state index contributed by atoms with van der Waals surface area (Å²) in [6, 6.07) is 6.12. The molecule has 1 aromatic carbocycles. The lowest BCUT2D eigenvalue weighted by molar-refractivity contribution is -0.144. The molecule has 0 fully saturated rings. The predicted octanol–water partition coefficient (Wildman–Crippen LogP) is 1.75. The molecular weight excluding hydrogens is 333 g/mol. The second-order valence-corrected chi connectivity index (χ2v) is 7.60. The smallest absolute Gasteiger partial charge is 0.329 e. The van der Waals surface area contributed by atoms with Gasteiger partial charge in [-0.2, -0.15) is 0 Å². The fourth-order valence-electron chi connectivity index (χ4n) is 3.20. The van der Waals surface area contributed by atoms with Crippen molar-refractivity contribution >= 4 is 25.2 Å². The quantitative estimate of drug-likeness (QED) is 0.600. The van der Waals surface area contributed by atoms with Crippen molar-refractivity contribution in [1.82, 2.24) is 0 Å². The van der Waals surface area contributed by atoms with Gasteiger partial charge >= 0.3 is 13.6 Å². The van der Waals surface area contributed by atoms with Crippen molar-refractivity contribution in [2.75, 3.05) is 5.32 Å². The van der Waals surface area contributed by atoms with Gasteiger partial charge in [0.1, 0.15) is 0 Å². The topological polar surface area (TPSA) is 124 Å². The lowest BCUT2D eigenvalue weighted by atomic mass is 9.81. The molecule has 0 saturated heterocycles. The van der Waals surface area contributed by atoms with Gasteiger partial charge in [-0.1, -0.05) is 30.4 Å². The summed E-state index contributed by atoms with van der Waals surface area (Å²) in [7, 11) is -4.14. The summed E-state index contributed by atoms with van der Waals surface area (Å²) in [6.45, 7) is 0. The monoisotopic (exact) mass is 349 g/mol. The number of carbonyl (C=O) groups is 2. The molecule has 1 amide bonds. The lowest BCUT2D eigenvalue weighted by Gasteiger charge is -2.24. The first-order valence-electron chi connectivity index (χ1n) is 7.32. The molecular formula is C16H16NO6P. The van der Waals surface area contributed by atoms with Gasteiger partial charge in [0, 0.05) is 11.6 Å². The van der Waals surface area contributed by atoms with Crippen molar-refractivity contribution in [2.24, 2.45) is 17.8 Å². The summed E-state index contributed by atoms with van der Waals surface area (Å²) < 4.78 is 11.0. The number of carboxylic acids is 1. The number of hydrogen-bond acceptors (Lipinski definition) is 3. The minimum atomic E-state index is -4.14. The van der Waals surface area contributed by atoms with Gasteiger partial charge in [-0.3, -0.25) is 14.2 Å². The molecule has 3 atom stereocenters. The Hall–Kier alpha value is -2.21. The Kier molecular flexibility index (Phi) is 4.17. The zero-order chi connectivity index (χ0) is 17.5.